The molecular formula is C16H12Br2N2O2. The third-order valence-electron chi connectivity index (χ3n) is 2.85. The monoisotopic (exact) mass is 422 g/mol. The van der Waals surface area contributed by atoms with Crippen molar-refractivity contribution < 1.29 is 10.2 Å². The summed E-state index contributed by atoms with van der Waals surface area (Å²) < 4.78 is 1.07. The van der Waals surface area contributed by atoms with Crippen molar-refractivity contribution in [1.29, 1.82) is 0 Å². The highest BCUT2D eigenvalue weighted by atomic mass is 79.9. The maximum Gasteiger partial charge on any atom is 0.232 e. The lowest BCUT2D eigenvalue weighted by atomic mass is 10.0. The van der Waals surface area contributed by atoms with Gasteiger partial charge in [0.15, 0.2) is 0 Å². The first-order valence-electron chi connectivity index (χ1n) is 6.25. The molecule has 3 N–H and O–H groups in total. The van der Waals surface area contributed by atoms with E-state index in [9.17, 15) is 10.2 Å². The number of aromatic nitrogens is 2. The van der Waals surface area contributed by atoms with Gasteiger partial charge in [0, 0.05) is 11.8 Å². The third-order valence-corrected chi connectivity index (χ3v) is 4.06. The Balaban J connectivity index is 2.51. The molecule has 1 aromatic heterocycles. The first kappa shape index (κ1) is 16.6. The van der Waals surface area contributed by atoms with Crippen molar-refractivity contribution in [2.75, 3.05) is 0 Å². The van der Waals surface area contributed by atoms with Crippen LogP contribution in [-0.2, 0) is 5.60 Å². The van der Waals surface area contributed by atoms with Crippen LogP contribution in [0.3, 0.4) is 0 Å². The molecule has 112 valence electrons. The van der Waals surface area contributed by atoms with Crippen molar-refractivity contribution in [3.63, 3.8) is 0 Å². The Morgan fingerprint density at radius 1 is 1.14 bits per heavy atom. The van der Waals surface area contributed by atoms with Crippen molar-refractivity contribution in [2.45, 2.75) is 19.4 Å². The lowest BCUT2D eigenvalue weighted by molar-refractivity contribution is 0.160. The molecular weight excluding hydrogens is 412 g/mol. The van der Waals surface area contributed by atoms with E-state index in [-0.39, 0.29) is 5.75 Å². The molecule has 0 amide bonds. The third kappa shape index (κ3) is 3.20. The van der Waals surface area contributed by atoms with E-state index in [1.54, 1.807) is 32.2 Å². The van der Waals surface area contributed by atoms with Crippen LogP contribution in [0, 0.1) is 23.7 Å². The Kier molecular flexibility index (Phi) is 4.97. The lowest BCUT2D eigenvalue weighted by Gasteiger charge is -2.11. The Hall–Kier alpha value is -1.73. The number of aromatic amines is 1. The number of rotatable bonds is 2. The van der Waals surface area contributed by atoms with Gasteiger partial charge >= 0.3 is 0 Å². The van der Waals surface area contributed by atoms with Crippen LogP contribution in [0.5, 0.6) is 5.75 Å². The van der Waals surface area contributed by atoms with Gasteiger partial charge in [-0.2, -0.15) is 0 Å². The Labute approximate surface area is 145 Å². The minimum Gasteiger partial charge on any atom is -0.506 e. The smallest absolute Gasteiger partial charge is 0.232 e. The van der Waals surface area contributed by atoms with Crippen LogP contribution >= 0.6 is 31.9 Å². The number of phenols is 1. The number of benzene rings is 1. The number of nitrogens with one attached hydrogen (secondary N) is 1. The number of aliphatic hydroxyl groups is 1. The molecule has 0 saturated heterocycles. The summed E-state index contributed by atoms with van der Waals surface area (Å²) in [5, 5.41) is 20.3. The van der Waals surface area contributed by atoms with Crippen molar-refractivity contribution in [2.24, 2.45) is 0 Å². The van der Waals surface area contributed by atoms with Crippen LogP contribution in [0.4, 0.5) is 0 Å². The van der Waals surface area contributed by atoms with Gasteiger partial charge in [-0.1, -0.05) is 0 Å². The average Bonchev–Trinajstić information content (AvgIpc) is 2.95. The van der Waals surface area contributed by atoms with Gasteiger partial charge in [-0.3, -0.25) is 0 Å². The van der Waals surface area contributed by atoms with Gasteiger partial charge in [0.1, 0.15) is 17.3 Å². The van der Waals surface area contributed by atoms with Crippen LogP contribution in [0.1, 0.15) is 19.5 Å². The summed E-state index contributed by atoms with van der Waals surface area (Å²) in [7, 11) is 0. The highest BCUT2D eigenvalue weighted by Crippen LogP contribution is 2.36. The molecule has 1 aromatic carbocycles. The molecule has 0 unspecified atom stereocenters. The minimum atomic E-state index is -1.61. The van der Waals surface area contributed by atoms with Gasteiger partial charge in [0.25, 0.3) is 0 Å². The second kappa shape index (κ2) is 6.58. The summed E-state index contributed by atoms with van der Waals surface area (Å²) in [4.78, 5) is 7.36. The summed E-state index contributed by atoms with van der Waals surface area (Å²) >= 11 is 6.55. The van der Waals surface area contributed by atoms with Crippen LogP contribution in [-0.4, -0.2) is 20.2 Å². The molecule has 4 nitrogen and oxygen atoms in total. The highest BCUT2D eigenvalue weighted by Gasteiger charge is 2.27. The summed E-state index contributed by atoms with van der Waals surface area (Å²) in [6, 6.07) is 3.44. The quantitative estimate of drug-likeness (QED) is 0.647. The molecule has 0 aliphatic rings. The van der Waals surface area contributed by atoms with Crippen LogP contribution in [0.25, 0.3) is 11.4 Å². The second-order valence-electron chi connectivity index (χ2n) is 4.38. The SMILES string of the molecule is CC#CC(O)(C#CC)c1c[nH]c(-c2cc(Br)c(O)c(Br)c2)n1. The standard InChI is InChI=1S/C16H12Br2N2O2/c1-3-5-16(22,6-4-2)13-9-19-15(20-13)10-7-11(17)14(21)12(18)8-10/h7-9,21-22H,1-2H3,(H,19,20). The van der Waals surface area contributed by atoms with Crippen LogP contribution in [0.15, 0.2) is 27.3 Å². The molecule has 0 aliphatic heterocycles. The zero-order chi connectivity index (χ0) is 16.3. The van der Waals surface area contributed by atoms with Crippen molar-refractivity contribution in [1.82, 2.24) is 9.97 Å². The fourth-order valence-corrected chi connectivity index (χ4v) is 3.06. The van der Waals surface area contributed by atoms with Crippen LogP contribution in [0.2, 0.25) is 0 Å². The number of imidazole rings is 1. The van der Waals surface area contributed by atoms with E-state index < -0.39 is 5.60 Å². The average molecular weight is 424 g/mol. The van der Waals surface area contributed by atoms with Crippen LogP contribution < -0.4 is 0 Å². The molecule has 2 aromatic rings. The van der Waals surface area contributed by atoms with Gasteiger partial charge in [-0.05, 0) is 69.7 Å². The summed E-state index contributed by atoms with van der Waals surface area (Å²) in [5.74, 6) is 11.3. The number of halogens is 2. The first-order valence-corrected chi connectivity index (χ1v) is 7.84. The number of H-pyrrole nitrogens is 1. The van der Waals surface area contributed by atoms with Crippen molar-refractivity contribution >= 4 is 31.9 Å². The summed E-state index contributed by atoms with van der Waals surface area (Å²) in [6.07, 6.45) is 1.57. The van der Waals surface area contributed by atoms with Gasteiger partial charge in [-0.25, -0.2) is 4.98 Å². The second-order valence-corrected chi connectivity index (χ2v) is 6.09. The Morgan fingerprint density at radius 2 is 1.68 bits per heavy atom. The maximum absolute atomic E-state index is 10.5. The molecule has 0 saturated carbocycles. The predicted molar refractivity (Wildman–Crippen MR) is 91.9 cm³/mol. The molecule has 0 fully saturated rings. The Morgan fingerprint density at radius 3 is 2.18 bits per heavy atom. The predicted octanol–water partition coefficient (Wildman–Crippen LogP) is 3.54. The largest absolute Gasteiger partial charge is 0.506 e. The molecule has 2 rings (SSSR count). The fraction of sp³-hybridized carbons (Fsp3) is 0.188. The van der Waals surface area contributed by atoms with Crippen molar-refractivity contribution in [3.8, 4) is 40.8 Å². The van der Waals surface area contributed by atoms with Gasteiger partial charge < -0.3 is 15.2 Å². The minimum absolute atomic E-state index is 0.112. The molecule has 6 heteroatoms. The Bertz CT molecular complexity index is 792. The van der Waals surface area contributed by atoms with Gasteiger partial charge in [0.2, 0.25) is 5.60 Å². The molecule has 0 spiro atoms. The number of hydrogen-bond acceptors (Lipinski definition) is 3. The number of hydrogen-bond donors (Lipinski definition) is 3. The van der Waals surface area contributed by atoms with Gasteiger partial charge in [0.05, 0.1) is 8.95 Å². The zero-order valence-electron chi connectivity index (χ0n) is 11.8. The molecule has 0 radical (unpaired) electrons. The zero-order valence-corrected chi connectivity index (χ0v) is 15.0. The molecule has 0 bridgehead atoms. The van der Waals surface area contributed by atoms with E-state index in [1.165, 1.54) is 0 Å². The molecule has 0 aliphatic carbocycles. The molecule has 0 atom stereocenters. The topological polar surface area (TPSA) is 69.1 Å². The van der Waals surface area contributed by atoms with E-state index in [2.05, 4.69) is 65.5 Å². The van der Waals surface area contributed by atoms with E-state index in [4.69, 9.17) is 0 Å². The van der Waals surface area contributed by atoms with E-state index in [0.29, 0.717) is 20.5 Å². The highest BCUT2D eigenvalue weighted by molar-refractivity contribution is 9.11. The van der Waals surface area contributed by atoms with Crippen molar-refractivity contribution in [3.05, 3.63) is 33.0 Å². The molecule has 22 heavy (non-hydrogen) atoms. The van der Waals surface area contributed by atoms with Gasteiger partial charge in [-0.15, -0.1) is 11.8 Å². The normalized spacial score (nSPS) is 10.4. The number of phenolic OH excluding ortho intramolecular Hbond substituents is 1. The fourth-order valence-electron chi connectivity index (χ4n) is 1.88. The van der Waals surface area contributed by atoms with E-state index in [0.717, 1.165) is 5.56 Å². The van der Waals surface area contributed by atoms with E-state index in [1.807, 2.05) is 0 Å². The summed E-state index contributed by atoms with van der Waals surface area (Å²) in [6.45, 7) is 3.26. The first-order chi connectivity index (χ1) is 10.4. The van der Waals surface area contributed by atoms with E-state index >= 15 is 0 Å². The molecule has 1 heterocycles. The number of nitrogens with zero attached hydrogens (tertiary/aromatic N) is 1. The maximum atomic E-state index is 10.5. The number of aromatic hydroxyl groups is 1. The lowest BCUT2D eigenvalue weighted by Crippen LogP contribution is -2.21. The summed E-state index contributed by atoms with van der Waals surface area (Å²) in [5.41, 5.74) is -0.547.